The van der Waals surface area contributed by atoms with Gasteiger partial charge < -0.3 is 11.1 Å². The number of nitrogens with two attached hydrogens (primary N) is 1. The Morgan fingerprint density at radius 2 is 2.15 bits per heavy atom. The molecule has 0 amide bonds. The van der Waals surface area contributed by atoms with Gasteiger partial charge in [0.1, 0.15) is 0 Å². The second kappa shape index (κ2) is 6.47. The largest absolute Gasteiger partial charge is 0.385 e. The van der Waals surface area contributed by atoms with Crippen LogP contribution in [0.1, 0.15) is 19.7 Å². The molecule has 2 rings (SSSR count). The first kappa shape index (κ1) is 14.5. The van der Waals surface area contributed by atoms with E-state index in [-0.39, 0.29) is 0 Å². The van der Waals surface area contributed by atoms with E-state index in [0.29, 0.717) is 18.4 Å². The number of rotatable bonds is 6. The highest BCUT2D eigenvalue weighted by Gasteiger charge is 2.11. The molecule has 1 aromatic carbocycles. The lowest BCUT2D eigenvalue weighted by molar-refractivity contribution is 0.413. The van der Waals surface area contributed by atoms with Crippen LogP contribution in [0.25, 0.3) is 5.69 Å². The highest BCUT2D eigenvalue weighted by Crippen LogP contribution is 2.16. The van der Waals surface area contributed by atoms with Gasteiger partial charge in [0.25, 0.3) is 0 Å². The lowest BCUT2D eigenvalue weighted by Gasteiger charge is -2.20. The number of anilines is 1. The molecular weight excluding hydrogens is 252 g/mol. The summed E-state index contributed by atoms with van der Waals surface area (Å²) >= 11 is 0. The van der Waals surface area contributed by atoms with E-state index >= 15 is 0 Å². The standard InChI is InChI=1S/C14H22N6/c1-10(2)12(8-15)9-16-13-5-4-6-14(7-13)20-11(3)17-18-19-20/h4-7,10,12,16H,8-9,15H2,1-3H3. The average molecular weight is 274 g/mol. The minimum absolute atomic E-state index is 0.466. The molecule has 1 unspecified atom stereocenters. The summed E-state index contributed by atoms with van der Waals surface area (Å²) in [5, 5.41) is 15.0. The number of tetrazole rings is 1. The van der Waals surface area contributed by atoms with Crippen LogP contribution < -0.4 is 11.1 Å². The van der Waals surface area contributed by atoms with Gasteiger partial charge in [0.05, 0.1) is 5.69 Å². The summed E-state index contributed by atoms with van der Waals surface area (Å²) < 4.78 is 1.72. The molecular formula is C14H22N6. The van der Waals surface area contributed by atoms with E-state index in [4.69, 9.17) is 5.73 Å². The molecule has 20 heavy (non-hydrogen) atoms. The summed E-state index contributed by atoms with van der Waals surface area (Å²) in [6.07, 6.45) is 0. The van der Waals surface area contributed by atoms with Gasteiger partial charge in [0.15, 0.2) is 5.82 Å². The van der Waals surface area contributed by atoms with E-state index in [1.54, 1.807) is 4.68 Å². The Labute approximate surface area is 119 Å². The molecule has 0 aliphatic heterocycles. The molecule has 0 saturated carbocycles. The molecule has 1 atom stereocenters. The highest BCUT2D eigenvalue weighted by molar-refractivity contribution is 5.51. The van der Waals surface area contributed by atoms with Crippen molar-refractivity contribution < 1.29 is 0 Å². The maximum atomic E-state index is 5.79. The zero-order chi connectivity index (χ0) is 14.5. The van der Waals surface area contributed by atoms with Gasteiger partial charge >= 0.3 is 0 Å². The Kier molecular flexibility index (Phi) is 4.68. The van der Waals surface area contributed by atoms with E-state index in [2.05, 4.69) is 34.7 Å². The molecule has 0 radical (unpaired) electrons. The third-order valence-corrected chi connectivity index (χ3v) is 3.53. The van der Waals surface area contributed by atoms with Gasteiger partial charge in [0, 0.05) is 12.2 Å². The number of nitrogens with one attached hydrogen (secondary N) is 1. The third kappa shape index (κ3) is 3.33. The Bertz CT molecular complexity index is 548. The minimum atomic E-state index is 0.466. The summed E-state index contributed by atoms with van der Waals surface area (Å²) in [6, 6.07) is 8.05. The number of aryl methyl sites for hydroxylation is 1. The van der Waals surface area contributed by atoms with Crippen LogP contribution in [0.15, 0.2) is 24.3 Å². The molecule has 0 bridgehead atoms. The number of hydrogen-bond donors (Lipinski definition) is 2. The maximum Gasteiger partial charge on any atom is 0.153 e. The average Bonchev–Trinajstić information content (AvgIpc) is 2.86. The minimum Gasteiger partial charge on any atom is -0.385 e. The van der Waals surface area contributed by atoms with Crippen LogP contribution in [0.5, 0.6) is 0 Å². The molecule has 0 fully saturated rings. The summed E-state index contributed by atoms with van der Waals surface area (Å²) in [7, 11) is 0. The predicted octanol–water partition coefficient (Wildman–Crippen LogP) is 1.61. The summed E-state index contributed by atoms with van der Waals surface area (Å²) in [5.74, 6) is 1.80. The first-order valence-corrected chi connectivity index (χ1v) is 6.91. The Balaban J connectivity index is 2.09. The van der Waals surface area contributed by atoms with Gasteiger partial charge in [-0.15, -0.1) is 5.10 Å². The van der Waals surface area contributed by atoms with Gasteiger partial charge in [-0.25, -0.2) is 0 Å². The van der Waals surface area contributed by atoms with Crippen LogP contribution >= 0.6 is 0 Å². The first-order valence-electron chi connectivity index (χ1n) is 6.91. The van der Waals surface area contributed by atoms with Crippen molar-refractivity contribution in [2.75, 3.05) is 18.4 Å². The van der Waals surface area contributed by atoms with E-state index < -0.39 is 0 Å². The topological polar surface area (TPSA) is 81.7 Å². The second-order valence-corrected chi connectivity index (χ2v) is 5.31. The number of hydrogen-bond acceptors (Lipinski definition) is 5. The third-order valence-electron chi connectivity index (χ3n) is 3.53. The molecule has 0 saturated heterocycles. The highest BCUT2D eigenvalue weighted by atomic mass is 15.5. The van der Waals surface area contributed by atoms with E-state index in [1.165, 1.54) is 0 Å². The van der Waals surface area contributed by atoms with Gasteiger partial charge in [-0.2, -0.15) is 4.68 Å². The van der Waals surface area contributed by atoms with Gasteiger partial charge in [0.2, 0.25) is 0 Å². The molecule has 108 valence electrons. The lowest BCUT2D eigenvalue weighted by atomic mass is 9.96. The number of benzene rings is 1. The smallest absolute Gasteiger partial charge is 0.153 e. The maximum absolute atomic E-state index is 5.79. The molecule has 0 aliphatic rings. The number of aromatic nitrogens is 4. The van der Waals surface area contributed by atoms with Crippen molar-refractivity contribution in [1.29, 1.82) is 0 Å². The molecule has 1 heterocycles. The van der Waals surface area contributed by atoms with Gasteiger partial charge in [-0.1, -0.05) is 19.9 Å². The van der Waals surface area contributed by atoms with E-state index in [9.17, 15) is 0 Å². The molecule has 6 nitrogen and oxygen atoms in total. The Hall–Kier alpha value is -1.95. The Morgan fingerprint density at radius 1 is 1.35 bits per heavy atom. The number of nitrogens with zero attached hydrogens (tertiary/aromatic N) is 4. The fourth-order valence-corrected chi connectivity index (χ4v) is 2.06. The second-order valence-electron chi connectivity index (χ2n) is 5.31. The van der Waals surface area contributed by atoms with Crippen LogP contribution in [0.2, 0.25) is 0 Å². The van der Waals surface area contributed by atoms with Crippen molar-refractivity contribution in [3.8, 4) is 5.69 Å². The molecule has 6 heteroatoms. The monoisotopic (exact) mass is 274 g/mol. The molecule has 0 spiro atoms. The predicted molar refractivity (Wildman–Crippen MR) is 79.8 cm³/mol. The van der Waals surface area contributed by atoms with E-state index in [1.807, 2.05) is 31.2 Å². The Morgan fingerprint density at radius 3 is 2.75 bits per heavy atom. The van der Waals surface area contributed by atoms with Crippen LogP contribution in [0, 0.1) is 18.8 Å². The zero-order valence-electron chi connectivity index (χ0n) is 12.2. The van der Waals surface area contributed by atoms with Crippen LogP contribution in [0.4, 0.5) is 5.69 Å². The normalized spacial score (nSPS) is 12.7. The van der Waals surface area contributed by atoms with Gasteiger partial charge in [-0.3, -0.25) is 0 Å². The van der Waals surface area contributed by atoms with Crippen molar-refractivity contribution >= 4 is 5.69 Å². The van der Waals surface area contributed by atoms with E-state index in [0.717, 1.165) is 23.7 Å². The van der Waals surface area contributed by atoms with Crippen molar-refractivity contribution in [1.82, 2.24) is 20.2 Å². The van der Waals surface area contributed by atoms with Crippen molar-refractivity contribution in [3.63, 3.8) is 0 Å². The van der Waals surface area contributed by atoms with Crippen molar-refractivity contribution in [2.24, 2.45) is 17.6 Å². The lowest BCUT2D eigenvalue weighted by Crippen LogP contribution is -2.27. The quantitative estimate of drug-likeness (QED) is 0.836. The molecule has 2 aromatic rings. The van der Waals surface area contributed by atoms with Crippen molar-refractivity contribution in [2.45, 2.75) is 20.8 Å². The molecule has 1 aromatic heterocycles. The van der Waals surface area contributed by atoms with Crippen LogP contribution in [-0.2, 0) is 0 Å². The zero-order valence-corrected chi connectivity index (χ0v) is 12.2. The fraction of sp³-hybridized carbons (Fsp3) is 0.500. The SMILES string of the molecule is Cc1nnnn1-c1cccc(NCC(CN)C(C)C)c1. The summed E-state index contributed by atoms with van der Waals surface area (Å²) in [6.45, 7) is 7.83. The summed E-state index contributed by atoms with van der Waals surface area (Å²) in [4.78, 5) is 0. The van der Waals surface area contributed by atoms with Crippen LogP contribution in [-0.4, -0.2) is 33.3 Å². The summed E-state index contributed by atoms with van der Waals surface area (Å²) in [5.41, 5.74) is 7.80. The molecule has 0 aliphatic carbocycles. The fourth-order valence-electron chi connectivity index (χ4n) is 2.06. The molecule has 3 N–H and O–H groups in total. The van der Waals surface area contributed by atoms with Crippen LogP contribution in [0.3, 0.4) is 0 Å². The first-order chi connectivity index (χ1) is 9.61. The van der Waals surface area contributed by atoms with Gasteiger partial charge in [-0.05, 0) is 53.9 Å². The van der Waals surface area contributed by atoms with Crippen molar-refractivity contribution in [3.05, 3.63) is 30.1 Å².